The van der Waals surface area contributed by atoms with Crippen LogP contribution in [0.4, 0.5) is 0 Å². The predicted octanol–water partition coefficient (Wildman–Crippen LogP) is 2.19. The van der Waals surface area contributed by atoms with Crippen molar-refractivity contribution in [3.63, 3.8) is 0 Å². The zero-order chi connectivity index (χ0) is 16.4. The summed E-state index contributed by atoms with van der Waals surface area (Å²) in [7, 11) is -2.64. The third-order valence-corrected chi connectivity index (χ3v) is 4.28. The first-order valence-electron chi connectivity index (χ1n) is 7.04. The van der Waals surface area contributed by atoms with Crippen LogP contribution in [0.25, 0.3) is 22.0 Å². The number of aromatic nitrogens is 2. The van der Waals surface area contributed by atoms with Crippen LogP contribution in [0.15, 0.2) is 53.3 Å². The maximum atomic E-state index is 11.8. The molecule has 0 saturated heterocycles. The fourth-order valence-corrected chi connectivity index (χ4v) is 2.96. The number of aromatic amines is 1. The molecule has 0 radical (unpaired) electrons. The van der Waals surface area contributed by atoms with Crippen molar-refractivity contribution in [3.05, 3.63) is 64.4 Å². The van der Waals surface area contributed by atoms with Gasteiger partial charge in [0.25, 0.3) is 5.56 Å². The molecule has 0 aliphatic heterocycles. The second-order valence-corrected chi connectivity index (χ2v) is 5.95. The van der Waals surface area contributed by atoms with Gasteiger partial charge in [-0.25, -0.2) is 18.2 Å². The van der Waals surface area contributed by atoms with E-state index in [2.05, 4.69) is 14.9 Å². The van der Waals surface area contributed by atoms with Crippen molar-refractivity contribution in [2.45, 2.75) is 13.0 Å². The fourth-order valence-electron chi connectivity index (χ4n) is 2.50. The van der Waals surface area contributed by atoms with Gasteiger partial charge in [0.05, 0.1) is 11.1 Å². The molecule has 2 N–H and O–H groups in total. The Hall–Kier alpha value is -2.22. The van der Waals surface area contributed by atoms with E-state index in [1.54, 1.807) is 13.0 Å². The SMILES string of the molecule is CC(N[SH](=O)=O)c1ccc(-c2n[nH]c(=O)c3ccccc23)cc1.Cl. The van der Waals surface area contributed by atoms with Gasteiger partial charge in [-0.3, -0.25) is 4.79 Å². The monoisotopic (exact) mass is 365 g/mol. The van der Waals surface area contributed by atoms with Gasteiger partial charge < -0.3 is 0 Å². The van der Waals surface area contributed by atoms with E-state index in [0.717, 1.165) is 16.5 Å². The average molecular weight is 366 g/mol. The first-order valence-corrected chi connectivity index (χ1v) is 8.22. The molecule has 0 aliphatic carbocycles. The van der Waals surface area contributed by atoms with Crippen molar-refractivity contribution in [2.24, 2.45) is 0 Å². The van der Waals surface area contributed by atoms with Crippen molar-refractivity contribution in [1.82, 2.24) is 14.9 Å². The van der Waals surface area contributed by atoms with Gasteiger partial charge in [-0.2, -0.15) is 5.10 Å². The number of hydrogen-bond donors (Lipinski definition) is 3. The van der Waals surface area contributed by atoms with Gasteiger partial charge >= 0.3 is 0 Å². The summed E-state index contributed by atoms with van der Waals surface area (Å²) < 4.78 is 23.9. The van der Waals surface area contributed by atoms with E-state index in [1.807, 2.05) is 42.5 Å². The summed E-state index contributed by atoms with van der Waals surface area (Å²) in [5.41, 5.74) is 2.15. The summed E-state index contributed by atoms with van der Waals surface area (Å²) in [5, 5.41) is 8.02. The van der Waals surface area contributed by atoms with E-state index in [1.165, 1.54) is 0 Å². The molecular formula is C16H16ClN3O3S. The lowest BCUT2D eigenvalue weighted by Crippen LogP contribution is -2.16. The van der Waals surface area contributed by atoms with Gasteiger partial charge in [0.2, 0.25) is 10.9 Å². The largest absolute Gasteiger partial charge is 0.272 e. The molecule has 0 spiro atoms. The Labute approximate surface area is 146 Å². The minimum atomic E-state index is -2.64. The minimum absolute atomic E-state index is 0. The quantitative estimate of drug-likeness (QED) is 0.618. The highest BCUT2D eigenvalue weighted by molar-refractivity contribution is 7.70. The van der Waals surface area contributed by atoms with Crippen molar-refractivity contribution in [3.8, 4) is 11.3 Å². The number of thiol groups is 1. The lowest BCUT2D eigenvalue weighted by molar-refractivity contribution is 0.587. The molecule has 1 aromatic heterocycles. The Kier molecular flexibility index (Phi) is 5.71. The van der Waals surface area contributed by atoms with Crippen LogP contribution in [-0.2, 0) is 10.9 Å². The maximum absolute atomic E-state index is 11.8. The second kappa shape index (κ2) is 7.57. The summed E-state index contributed by atoms with van der Waals surface area (Å²) in [5.74, 6) is 0. The first kappa shape index (κ1) is 18.1. The summed E-state index contributed by atoms with van der Waals surface area (Å²) in [6.07, 6.45) is 0. The predicted molar refractivity (Wildman–Crippen MR) is 96.9 cm³/mol. The maximum Gasteiger partial charge on any atom is 0.272 e. The number of nitrogens with one attached hydrogen (secondary N) is 2. The Morgan fingerprint density at radius 2 is 1.67 bits per heavy atom. The molecule has 24 heavy (non-hydrogen) atoms. The lowest BCUT2D eigenvalue weighted by Gasteiger charge is -2.11. The van der Waals surface area contributed by atoms with Crippen LogP contribution >= 0.6 is 12.4 Å². The first-order chi connectivity index (χ1) is 11.1. The number of H-pyrrole nitrogens is 1. The number of benzene rings is 2. The number of rotatable bonds is 4. The van der Waals surface area contributed by atoms with Crippen LogP contribution in [0.5, 0.6) is 0 Å². The molecule has 126 valence electrons. The molecule has 3 rings (SSSR count). The van der Waals surface area contributed by atoms with Gasteiger partial charge in [-0.05, 0) is 18.6 Å². The Morgan fingerprint density at radius 3 is 2.29 bits per heavy atom. The van der Waals surface area contributed by atoms with Gasteiger partial charge in [0.15, 0.2) is 0 Å². The molecule has 6 nitrogen and oxygen atoms in total. The number of halogens is 1. The average Bonchev–Trinajstić information content (AvgIpc) is 2.55. The normalized spacial score (nSPS) is 12.1. The molecule has 0 saturated carbocycles. The van der Waals surface area contributed by atoms with Crippen molar-refractivity contribution in [1.29, 1.82) is 0 Å². The standard InChI is InChI=1S/C16H15N3O3S.ClH/c1-10(19-23(21)22)11-6-8-12(9-7-11)15-13-4-2-3-5-14(13)16(20)18-17-15;/h2-10,23H,1H3,(H,18,20)(H,19,21,22);1H. The summed E-state index contributed by atoms with van der Waals surface area (Å²) >= 11 is 0. The van der Waals surface area contributed by atoms with Crippen LogP contribution in [0.2, 0.25) is 0 Å². The van der Waals surface area contributed by atoms with E-state index in [9.17, 15) is 13.2 Å². The van der Waals surface area contributed by atoms with Crippen LogP contribution in [0, 0.1) is 0 Å². The zero-order valence-corrected chi connectivity index (χ0v) is 14.4. The van der Waals surface area contributed by atoms with E-state index in [4.69, 9.17) is 0 Å². The zero-order valence-electron chi connectivity index (χ0n) is 12.7. The van der Waals surface area contributed by atoms with Gasteiger partial charge in [-0.15, -0.1) is 12.4 Å². The molecular weight excluding hydrogens is 350 g/mol. The van der Waals surface area contributed by atoms with Gasteiger partial charge in [0.1, 0.15) is 0 Å². The number of hydrogen-bond acceptors (Lipinski definition) is 4. The third kappa shape index (κ3) is 3.64. The number of nitrogens with zero attached hydrogens (tertiary/aromatic N) is 1. The third-order valence-electron chi connectivity index (χ3n) is 3.68. The Balaban J connectivity index is 0.00000208. The van der Waals surface area contributed by atoms with E-state index in [-0.39, 0.29) is 24.0 Å². The van der Waals surface area contributed by atoms with Gasteiger partial charge in [0, 0.05) is 17.0 Å². The highest BCUT2D eigenvalue weighted by Crippen LogP contribution is 2.25. The molecule has 0 aliphatic rings. The molecule has 0 amide bonds. The molecule has 2 aromatic carbocycles. The molecule has 0 bridgehead atoms. The van der Waals surface area contributed by atoms with E-state index >= 15 is 0 Å². The summed E-state index contributed by atoms with van der Waals surface area (Å²) in [6, 6.07) is 14.4. The Morgan fingerprint density at radius 1 is 1.04 bits per heavy atom. The van der Waals surface area contributed by atoms with Crippen LogP contribution in [0.1, 0.15) is 18.5 Å². The molecule has 1 heterocycles. The van der Waals surface area contributed by atoms with Crippen molar-refractivity contribution in [2.75, 3.05) is 0 Å². The van der Waals surface area contributed by atoms with E-state index in [0.29, 0.717) is 11.1 Å². The highest BCUT2D eigenvalue weighted by Gasteiger charge is 2.10. The summed E-state index contributed by atoms with van der Waals surface area (Å²) in [4.78, 5) is 11.8. The lowest BCUT2D eigenvalue weighted by atomic mass is 10.0. The van der Waals surface area contributed by atoms with Crippen molar-refractivity contribution >= 4 is 34.1 Å². The number of fused-ring (bicyclic) bond motifs is 1. The second-order valence-electron chi connectivity index (χ2n) is 5.18. The van der Waals surface area contributed by atoms with Crippen molar-refractivity contribution < 1.29 is 8.42 Å². The van der Waals surface area contributed by atoms with Gasteiger partial charge in [-0.1, -0.05) is 42.5 Å². The highest BCUT2D eigenvalue weighted by atomic mass is 35.5. The molecule has 1 atom stereocenters. The Bertz CT molecular complexity index is 976. The fraction of sp³-hybridized carbons (Fsp3) is 0.125. The summed E-state index contributed by atoms with van der Waals surface area (Å²) in [6.45, 7) is 1.77. The van der Waals surface area contributed by atoms with Crippen LogP contribution in [-0.4, -0.2) is 18.6 Å². The van der Waals surface area contributed by atoms with E-state index < -0.39 is 10.9 Å². The molecule has 0 fully saturated rings. The van der Waals surface area contributed by atoms with Crippen LogP contribution < -0.4 is 10.3 Å². The smallest absolute Gasteiger partial charge is 0.267 e. The molecule has 3 aromatic rings. The van der Waals surface area contributed by atoms with Crippen LogP contribution in [0.3, 0.4) is 0 Å². The molecule has 1 unspecified atom stereocenters. The topological polar surface area (TPSA) is 91.9 Å². The minimum Gasteiger partial charge on any atom is -0.267 e. The molecule has 8 heteroatoms.